The molecule has 62 heavy (non-hydrogen) atoms. The zero-order valence-corrected chi connectivity index (χ0v) is 36.3. The van der Waals surface area contributed by atoms with Gasteiger partial charge in [-0.05, 0) is 49.8 Å². The van der Waals surface area contributed by atoms with Gasteiger partial charge in [0.15, 0.2) is 0 Å². The molecule has 0 unspecified atom stereocenters. The van der Waals surface area contributed by atoms with Crippen molar-refractivity contribution in [2.24, 2.45) is 17.4 Å². The van der Waals surface area contributed by atoms with E-state index >= 15 is 0 Å². The fourth-order valence-corrected chi connectivity index (χ4v) is 6.23. The van der Waals surface area contributed by atoms with Crippen molar-refractivity contribution in [1.82, 2.24) is 47.5 Å². The number of unbranched alkanes of at least 4 members (excludes halogenated alkanes) is 1. The summed E-state index contributed by atoms with van der Waals surface area (Å²) in [5, 5.41) is 39.2. The quantitative estimate of drug-likeness (QED) is 0.0286. The van der Waals surface area contributed by atoms with Crippen molar-refractivity contribution in [3.63, 3.8) is 0 Å². The summed E-state index contributed by atoms with van der Waals surface area (Å²) in [5.74, 6) is -7.95. The number of aromatic amines is 1. The van der Waals surface area contributed by atoms with Gasteiger partial charge in [0.1, 0.15) is 30.2 Å². The van der Waals surface area contributed by atoms with Crippen LogP contribution in [0, 0.1) is 5.92 Å². The Labute approximate surface area is 369 Å². The highest BCUT2D eigenvalue weighted by Gasteiger charge is 2.30. The Balaban J connectivity index is 2.04. The van der Waals surface area contributed by atoms with E-state index in [1.807, 2.05) is 18.2 Å². The number of aliphatic hydroxyl groups excluding tert-OH is 1. The van der Waals surface area contributed by atoms with Crippen LogP contribution in [0.3, 0.4) is 0 Å². The first kappa shape index (κ1) is 52.7. The molecule has 0 spiro atoms. The highest BCUT2D eigenvalue weighted by atomic mass is 32.1. The summed E-state index contributed by atoms with van der Waals surface area (Å²) in [6, 6.07) is -0.188. The van der Waals surface area contributed by atoms with Crippen LogP contribution in [0.4, 0.5) is 0 Å². The summed E-state index contributed by atoms with van der Waals surface area (Å²) in [5.41, 5.74) is 12.7. The molecule has 24 heteroatoms. The van der Waals surface area contributed by atoms with Crippen LogP contribution in [0.15, 0.2) is 30.5 Å². The minimum atomic E-state index is -1.58. The van der Waals surface area contributed by atoms with E-state index in [4.69, 9.17) is 11.5 Å². The fourth-order valence-electron chi connectivity index (χ4n) is 5.82. The number of carboxylic acids is 1. The third-order valence-corrected chi connectivity index (χ3v) is 9.88. The molecule has 344 valence electrons. The number of H-pyrrole nitrogens is 1. The van der Waals surface area contributed by atoms with E-state index in [0.29, 0.717) is 24.9 Å². The minimum absolute atomic E-state index is 0.0237. The van der Waals surface area contributed by atoms with Crippen LogP contribution in [-0.4, -0.2) is 149 Å². The summed E-state index contributed by atoms with van der Waals surface area (Å²) in [6.45, 7) is 1.08. The summed E-state index contributed by atoms with van der Waals surface area (Å²) >= 11 is 7.90. The monoisotopic (exact) mass is 909 g/mol. The summed E-state index contributed by atoms with van der Waals surface area (Å²) in [6.07, 6.45) is 2.78. The second-order valence-corrected chi connectivity index (χ2v) is 15.3. The van der Waals surface area contributed by atoms with Crippen molar-refractivity contribution in [3.8, 4) is 0 Å². The lowest BCUT2D eigenvalue weighted by atomic mass is 10.0. The molecule has 2 aromatic rings. The number of hydrogen-bond donors (Lipinski definition) is 15. The molecule has 2 rings (SSSR count). The lowest BCUT2D eigenvalue weighted by Crippen LogP contribution is -2.57. The lowest BCUT2D eigenvalue weighted by molar-refractivity contribution is -0.141. The Morgan fingerprint density at radius 2 is 1.21 bits per heavy atom. The topological polar surface area (TPSA) is 358 Å². The van der Waals surface area contributed by atoms with Crippen molar-refractivity contribution in [2.45, 2.75) is 82.2 Å². The highest BCUT2D eigenvalue weighted by Crippen LogP contribution is 2.19. The summed E-state index contributed by atoms with van der Waals surface area (Å²) in [7, 11) is 0. The third kappa shape index (κ3) is 18.3. The van der Waals surface area contributed by atoms with Crippen molar-refractivity contribution < 1.29 is 53.4 Å². The number of nitrogens with one attached hydrogen (secondary N) is 9. The zero-order valence-electron chi connectivity index (χ0n) is 34.5. The Morgan fingerprint density at radius 1 is 0.677 bits per heavy atom. The third-order valence-electron chi connectivity index (χ3n) is 9.12. The maximum atomic E-state index is 13.4. The molecule has 8 amide bonds. The van der Waals surface area contributed by atoms with E-state index in [0.717, 1.165) is 10.9 Å². The molecule has 0 fully saturated rings. The molecule has 22 nitrogen and oxygen atoms in total. The maximum Gasteiger partial charge on any atom is 0.327 e. The fraction of sp³-hybridized carbons (Fsp3) is 0.553. The van der Waals surface area contributed by atoms with E-state index in [1.165, 1.54) is 0 Å². The summed E-state index contributed by atoms with van der Waals surface area (Å²) < 4.78 is 0. The van der Waals surface area contributed by atoms with Gasteiger partial charge in [-0.25, -0.2) is 4.79 Å². The first-order valence-electron chi connectivity index (χ1n) is 19.8. The molecule has 0 radical (unpaired) electrons. The van der Waals surface area contributed by atoms with Gasteiger partial charge >= 0.3 is 5.97 Å². The van der Waals surface area contributed by atoms with Crippen LogP contribution < -0.4 is 54.0 Å². The second kappa shape index (κ2) is 27.5. The van der Waals surface area contributed by atoms with Gasteiger partial charge in [0, 0.05) is 35.0 Å². The van der Waals surface area contributed by atoms with Crippen LogP contribution in [0.5, 0.6) is 0 Å². The minimum Gasteiger partial charge on any atom is -0.480 e. The van der Waals surface area contributed by atoms with Crippen LogP contribution in [0.1, 0.15) is 45.1 Å². The van der Waals surface area contributed by atoms with E-state index in [9.17, 15) is 53.4 Å². The number of aromatic nitrogens is 1. The number of aliphatic hydroxyl groups is 1. The number of nitrogens with two attached hydrogens (primary N) is 2. The molecule has 1 aromatic carbocycles. The van der Waals surface area contributed by atoms with Crippen LogP contribution in [0.25, 0.3) is 10.9 Å². The van der Waals surface area contributed by atoms with Gasteiger partial charge in [0.2, 0.25) is 47.3 Å². The molecular formula is C38H59N11O11S2. The first-order chi connectivity index (χ1) is 29.4. The van der Waals surface area contributed by atoms with E-state index in [-0.39, 0.29) is 36.7 Å². The molecule has 0 saturated carbocycles. The molecule has 0 saturated heterocycles. The van der Waals surface area contributed by atoms with E-state index in [1.54, 1.807) is 26.1 Å². The molecule has 6 atom stereocenters. The standard InChI is InChI=1S/C38H59N11O11S2/c1-20(2)11-26(37(58)49-29(19-62)38(59)60)48-36(57)25(9-5-6-10-39)45-30(51)15-44-35(56)28(17-50)47-32(53)16-43-34(55)27(46-31(52)14-42-33(54)23(40)18-61)12-21-13-41-24-8-4-3-7-22(21)24/h3-4,7-8,13,20,23,25-29,41,50,61-62H,5-6,9-12,14-19,39-40H2,1-2H3,(H,42,54)(H,43,55)(H,44,56)(H,45,51)(H,46,52)(H,47,53)(H,48,57)(H,49,58)(H,59,60)/t23-,25-,26-,27-,28-,29-/m0/s1. The maximum absolute atomic E-state index is 13.4. The van der Waals surface area contributed by atoms with Crippen LogP contribution in [0.2, 0.25) is 0 Å². The van der Waals surface area contributed by atoms with Gasteiger partial charge in [0.25, 0.3) is 0 Å². The Kier molecular flexibility index (Phi) is 23.4. The predicted octanol–water partition coefficient (Wildman–Crippen LogP) is -4.08. The number of rotatable bonds is 28. The second-order valence-electron chi connectivity index (χ2n) is 14.6. The number of hydrogen-bond acceptors (Lipinski definition) is 14. The van der Waals surface area contributed by atoms with Gasteiger partial charge in [-0.3, -0.25) is 38.4 Å². The van der Waals surface area contributed by atoms with E-state index < -0.39 is 116 Å². The Hall–Kier alpha value is -5.43. The molecule has 0 aliphatic heterocycles. The Morgan fingerprint density at radius 3 is 1.76 bits per heavy atom. The molecule has 0 aliphatic rings. The molecule has 1 aromatic heterocycles. The normalized spacial score (nSPS) is 13.9. The average Bonchev–Trinajstić information content (AvgIpc) is 3.65. The highest BCUT2D eigenvalue weighted by molar-refractivity contribution is 7.80. The number of benzene rings is 1. The van der Waals surface area contributed by atoms with Gasteiger partial charge < -0.3 is 69.2 Å². The first-order valence-corrected chi connectivity index (χ1v) is 21.1. The molecule has 1 heterocycles. The molecule has 0 aliphatic carbocycles. The van der Waals surface area contributed by atoms with Gasteiger partial charge in [-0.2, -0.15) is 25.3 Å². The molecule has 0 bridgehead atoms. The predicted molar refractivity (Wildman–Crippen MR) is 233 cm³/mol. The van der Waals surface area contributed by atoms with Crippen LogP contribution in [-0.2, 0) is 49.6 Å². The number of aliphatic carboxylic acids is 1. The number of carbonyl (C=O) groups excluding carboxylic acids is 8. The molecule has 15 N–H and O–H groups in total. The number of carboxylic acid groups (broad SMARTS) is 1. The number of para-hydroxylation sites is 1. The average molecular weight is 910 g/mol. The smallest absolute Gasteiger partial charge is 0.327 e. The van der Waals surface area contributed by atoms with Crippen molar-refractivity contribution in [1.29, 1.82) is 0 Å². The zero-order chi connectivity index (χ0) is 46.4. The number of fused-ring (bicyclic) bond motifs is 1. The van der Waals surface area contributed by atoms with E-state index in [2.05, 4.69) is 72.8 Å². The Bertz CT molecular complexity index is 1870. The van der Waals surface area contributed by atoms with Crippen molar-refractivity contribution in [3.05, 3.63) is 36.0 Å². The van der Waals surface area contributed by atoms with Crippen molar-refractivity contribution >= 4 is 89.4 Å². The van der Waals surface area contributed by atoms with Gasteiger partial charge in [-0.1, -0.05) is 32.0 Å². The van der Waals surface area contributed by atoms with Crippen molar-refractivity contribution in [2.75, 3.05) is 44.3 Å². The number of carbonyl (C=O) groups is 9. The SMILES string of the molecule is CC(C)C[C@H](NC(=O)[C@H](CCCCN)NC(=O)CNC(=O)[C@H](CO)NC(=O)CNC(=O)[C@H](Cc1c[nH]c2ccccc12)NC(=O)CNC(=O)[C@@H](N)CS)C(=O)N[C@@H](CS)C(=O)O. The summed E-state index contributed by atoms with van der Waals surface area (Å²) in [4.78, 5) is 118. The number of amides is 8. The van der Waals surface area contributed by atoms with Crippen LogP contribution >= 0.6 is 25.3 Å². The molecular weight excluding hydrogens is 851 g/mol. The van der Waals surface area contributed by atoms with Gasteiger partial charge in [0.05, 0.1) is 32.3 Å². The number of thiol groups is 2. The largest absolute Gasteiger partial charge is 0.480 e. The lowest BCUT2D eigenvalue weighted by Gasteiger charge is -2.25. The van der Waals surface area contributed by atoms with Gasteiger partial charge in [-0.15, -0.1) is 0 Å².